The van der Waals surface area contributed by atoms with Gasteiger partial charge in [0.1, 0.15) is 17.0 Å². The number of benzene rings is 1. The molecule has 0 spiro atoms. The van der Waals surface area contributed by atoms with Gasteiger partial charge in [-0.2, -0.15) is 0 Å². The van der Waals surface area contributed by atoms with Crippen molar-refractivity contribution in [2.24, 2.45) is 0 Å². The number of ether oxygens (including phenoxy) is 2. The van der Waals surface area contributed by atoms with Crippen molar-refractivity contribution < 1.29 is 14.3 Å². The predicted octanol–water partition coefficient (Wildman–Crippen LogP) is 2.57. The number of likely N-dealkylation sites (tertiary alicyclic amines) is 1. The molecule has 0 radical (unpaired) electrons. The van der Waals surface area contributed by atoms with Gasteiger partial charge in [0, 0.05) is 24.5 Å². The molecule has 1 aromatic carbocycles. The van der Waals surface area contributed by atoms with E-state index in [2.05, 4.69) is 16.9 Å². The standard InChI is InChI=1S/C21H27N3O3/c1-23-10-3-5-17(23)9-13-27-19-6-2-4-16-7-8-18(22-20(16)19)21(25)24-11-14-26-15-12-24/h2,4,6-8,17H,3,5,9-15H2,1H3. The van der Waals surface area contributed by atoms with Crippen LogP contribution in [0.25, 0.3) is 10.9 Å². The van der Waals surface area contributed by atoms with E-state index in [1.54, 1.807) is 11.0 Å². The lowest BCUT2D eigenvalue weighted by Gasteiger charge is -2.26. The number of morpholine rings is 1. The van der Waals surface area contributed by atoms with Crippen LogP contribution >= 0.6 is 0 Å². The molecule has 2 saturated heterocycles. The number of amides is 1. The monoisotopic (exact) mass is 369 g/mol. The molecule has 1 aromatic heterocycles. The highest BCUT2D eigenvalue weighted by molar-refractivity contribution is 5.96. The smallest absolute Gasteiger partial charge is 0.272 e. The third-order valence-electron chi connectivity index (χ3n) is 5.58. The Kier molecular flexibility index (Phi) is 5.55. The summed E-state index contributed by atoms with van der Waals surface area (Å²) in [6, 6.07) is 10.3. The second-order valence-electron chi connectivity index (χ2n) is 7.34. The highest BCUT2D eigenvalue weighted by Crippen LogP contribution is 2.25. The van der Waals surface area contributed by atoms with Gasteiger partial charge >= 0.3 is 0 Å². The molecule has 6 nitrogen and oxygen atoms in total. The van der Waals surface area contributed by atoms with Crippen LogP contribution in [0, 0.1) is 0 Å². The summed E-state index contributed by atoms with van der Waals surface area (Å²) in [5.74, 6) is 0.715. The Balaban J connectivity index is 1.49. The van der Waals surface area contributed by atoms with E-state index in [0.717, 1.165) is 23.1 Å². The minimum atomic E-state index is -0.0393. The molecule has 0 saturated carbocycles. The second-order valence-corrected chi connectivity index (χ2v) is 7.34. The first-order valence-corrected chi connectivity index (χ1v) is 9.82. The zero-order valence-corrected chi connectivity index (χ0v) is 15.9. The number of hydrogen-bond acceptors (Lipinski definition) is 5. The number of aromatic nitrogens is 1. The van der Waals surface area contributed by atoms with Gasteiger partial charge in [-0.05, 0) is 45.0 Å². The molecular weight excluding hydrogens is 342 g/mol. The average molecular weight is 369 g/mol. The summed E-state index contributed by atoms with van der Waals surface area (Å²) in [6.07, 6.45) is 3.52. The van der Waals surface area contributed by atoms with Crippen molar-refractivity contribution in [3.63, 3.8) is 0 Å². The van der Waals surface area contributed by atoms with Crippen molar-refractivity contribution in [2.75, 3.05) is 46.5 Å². The minimum Gasteiger partial charge on any atom is -0.491 e. The van der Waals surface area contributed by atoms with Crippen LogP contribution in [0.1, 0.15) is 29.8 Å². The largest absolute Gasteiger partial charge is 0.491 e. The van der Waals surface area contributed by atoms with E-state index in [1.807, 2.05) is 24.3 Å². The van der Waals surface area contributed by atoms with Crippen molar-refractivity contribution in [1.29, 1.82) is 0 Å². The van der Waals surface area contributed by atoms with Gasteiger partial charge in [0.15, 0.2) is 0 Å². The molecule has 3 heterocycles. The van der Waals surface area contributed by atoms with Crippen LogP contribution in [0.5, 0.6) is 5.75 Å². The number of pyridine rings is 1. The molecular formula is C21H27N3O3. The molecule has 1 amide bonds. The van der Waals surface area contributed by atoms with E-state index >= 15 is 0 Å². The normalized spacial score (nSPS) is 20.9. The fraction of sp³-hybridized carbons (Fsp3) is 0.524. The minimum absolute atomic E-state index is 0.0393. The van der Waals surface area contributed by atoms with Crippen LogP contribution in [0.2, 0.25) is 0 Å². The van der Waals surface area contributed by atoms with E-state index in [-0.39, 0.29) is 5.91 Å². The van der Waals surface area contributed by atoms with E-state index in [4.69, 9.17) is 9.47 Å². The molecule has 4 rings (SSSR count). The van der Waals surface area contributed by atoms with Gasteiger partial charge in [-0.15, -0.1) is 0 Å². The number of hydrogen-bond donors (Lipinski definition) is 0. The lowest BCUT2D eigenvalue weighted by Crippen LogP contribution is -2.41. The van der Waals surface area contributed by atoms with Crippen LogP contribution in [0.15, 0.2) is 30.3 Å². The molecule has 0 N–H and O–H groups in total. The van der Waals surface area contributed by atoms with Crippen molar-refractivity contribution >= 4 is 16.8 Å². The third kappa shape index (κ3) is 4.06. The van der Waals surface area contributed by atoms with Crippen LogP contribution < -0.4 is 4.74 Å². The second kappa shape index (κ2) is 8.23. The summed E-state index contributed by atoms with van der Waals surface area (Å²) >= 11 is 0. The number of carbonyl (C=O) groups is 1. The molecule has 1 unspecified atom stereocenters. The zero-order chi connectivity index (χ0) is 18.6. The van der Waals surface area contributed by atoms with Crippen molar-refractivity contribution in [3.8, 4) is 5.75 Å². The first-order valence-electron chi connectivity index (χ1n) is 9.82. The lowest BCUT2D eigenvalue weighted by molar-refractivity contribution is 0.0299. The Labute approximate surface area is 160 Å². The van der Waals surface area contributed by atoms with E-state index in [0.29, 0.717) is 44.6 Å². The Hall–Kier alpha value is -2.18. The van der Waals surface area contributed by atoms with Gasteiger partial charge in [0.25, 0.3) is 5.91 Å². The lowest BCUT2D eigenvalue weighted by atomic mass is 10.1. The number of nitrogens with zero attached hydrogens (tertiary/aromatic N) is 3. The van der Waals surface area contributed by atoms with E-state index < -0.39 is 0 Å². The quantitative estimate of drug-likeness (QED) is 0.811. The number of carbonyl (C=O) groups excluding carboxylic acids is 1. The Morgan fingerprint density at radius 3 is 2.85 bits per heavy atom. The zero-order valence-electron chi connectivity index (χ0n) is 15.9. The van der Waals surface area contributed by atoms with Gasteiger partial charge in [-0.1, -0.05) is 18.2 Å². The van der Waals surface area contributed by atoms with Gasteiger partial charge in [0.05, 0.1) is 19.8 Å². The summed E-state index contributed by atoms with van der Waals surface area (Å²) in [7, 11) is 2.18. The molecule has 2 aliphatic rings. The topological polar surface area (TPSA) is 54.9 Å². The Morgan fingerprint density at radius 1 is 1.22 bits per heavy atom. The summed E-state index contributed by atoms with van der Waals surface area (Å²) in [5, 5.41) is 0.990. The fourth-order valence-corrected chi connectivity index (χ4v) is 3.93. The van der Waals surface area contributed by atoms with Crippen molar-refractivity contribution in [2.45, 2.75) is 25.3 Å². The summed E-state index contributed by atoms with van der Waals surface area (Å²) in [4.78, 5) is 21.6. The molecule has 2 aliphatic heterocycles. The van der Waals surface area contributed by atoms with Gasteiger partial charge in [0.2, 0.25) is 0 Å². The van der Waals surface area contributed by atoms with Crippen molar-refractivity contribution in [1.82, 2.24) is 14.8 Å². The third-order valence-corrected chi connectivity index (χ3v) is 5.58. The number of para-hydroxylation sites is 1. The maximum atomic E-state index is 12.7. The molecule has 1 atom stereocenters. The SMILES string of the molecule is CN1CCCC1CCOc1cccc2ccc(C(=O)N3CCOCC3)nc12. The highest BCUT2D eigenvalue weighted by Gasteiger charge is 2.22. The highest BCUT2D eigenvalue weighted by atomic mass is 16.5. The van der Waals surface area contributed by atoms with E-state index in [1.165, 1.54) is 19.4 Å². The van der Waals surface area contributed by atoms with Gasteiger partial charge < -0.3 is 19.3 Å². The van der Waals surface area contributed by atoms with Crippen LogP contribution in [0.4, 0.5) is 0 Å². The molecule has 0 aliphatic carbocycles. The summed E-state index contributed by atoms with van der Waals surface area (Å²) < 4.78 is 11.4. The van der Waals surface area contributed by atoms with Crippen LogP contribution in [-0.2, 0) is 4.74 Å². The fourth-order valence-electron chi connectivity index (χ4n) is 3.93. The predicted molar refractivity (Wildman–Crippen MR) is 104 cm³/mol. The van der Waals surface area contributed by atoms with Crippen LogP contribution in [0.3, 0.4) is 0 Å². The average Bonchev–Trinajstić information content (AvgIpc) is 3.13. The van der Waals surface area contributed by atoms with Crippen molar-refractivity contribution in [3.05, 3.63) is 36.0 Å². The summed E-state index contributed by atoms with van der Waals surface area (Å²) in [6.45, 7) is 4.24. The first kappa shape index (κ1) is 18.2. The molecule has 6 heteroatoms. The first-order chi connectivity index (χ1) is 13.2. The Bertz CT molecular complexity index is 804. The maximum absolute atomic E-state index is 12.7. The van der Waals surface area contributed by atoms with Gasteiger partial charge in [-0.3, -0.25) is 4.79 Å². The van der Waals surface area contributed by atoms with E-state index in [9.17, 15) is 4.79 Å². The number of rotatable bonds is 5. The van der Waals surface area contributed by atoms with Gasteiger partial charge in [-0.25, -0.2) is 4.98 Å². The molecule has 144 valence electrons. The molecule has 2 fully saturated rings. The molecule has 2 aromatic rings. The molecule has 27 heavy (non-hydrogen) atoms. The summed E-state index contributed by atoms with van der Waals surface area (Å²) in [5.41, 5.74) is 1.23. The molecule has 0 bridgehead atoms. The number of fused-ring (bicyclic) bond motifs is 1. The Morgan fingerprint density at radius 2 is 2.07 bits per heavy atom. The van der Waals surface area contributed by atoms with Crippen LogP contribution in [-0.4, -0.2) is 73.2 Å². The maximum Gasteiger partial charge on any atom is 0.272 e.